The van der Waals surface area contributed by atoms with E-state index in [1.165, 1.54) is 23.8 Å². The van der Waals surface area contributed by atoms with Gasteiger partial charge in [0.05, 0.1) is 0 Å². The number of nitrogens with one attached hydrogen (secondary N) is 1. The molecule has 18 heavy (non-hydrogen) atoms. The number of piperidine rings is 1. The second-order valence-corrected chi connectivity index (χ2v) is 5.48. The van der Waals surface area contributed by atoms with E-state index in [4.69, 9.17) is 0 Å². The molecule has 0 aliphatic carbocycles. The molecule has 96 valence electrons. The van der Waals surface area contributed by atoms with Gasteiger partial charge in [0, 0.05) is 23.8 Å². The predicted molar refractivity (Wildman–Crippen MR) is 75.0 cm³/mol. The minimum absolute atomic E-state index is 0.470. The molecule has 3 heteroatoms. The summed E-state index contributed by atoms with van der Waals surface area (Å²) in [4.78, 5) is 4.57. The lowest BCUT2D eigenvalue weighted by Gasteiger charge is -2.22. The molecule has 0 aromatic carbocycles. The van der Waals surface area contributed by atoms with Crippen molar-refractivity contribution >= 4 is 11.0 Å². The number of rotatable bonds is 2. The number of fused-ring (bicyclic) bond motifs is 1. The summed E-state index contributed by atoms with van der Waals surface area (Å²) in [7, 11) is 0. The van der Waals surface area contributed by atoms with Crippen LogP contribution in [0.25, 0.3) is 11.0 Å². The number of hydrogen-bond acceptors (Lipinski definition) is 2. The van der Waals surface area contributed by atoms with Crippen LogP contribution in [0.15, 0.2) is 24.5 Å². The SMILES string of the molecule is CC(C)n1cc(C2CCNCC2)c2cccnc21. The van der Waals surface area contributed by atoms with Gasteiger partial charge in [-0.2, -0.15) is 0 Å². The average molecular weight is 243 g/mol. The maximum Gasteiger partial charge on any atom is 0.140 e. The van der Waals surface area contributed by atoms with Crippen molar-refractivity contribution in [1.29, 1.82) is 0 Å². The standard InChI is InChI=1S/C15H21N3/c1-11(2)18-10-14(12-5-8-16-9-6-12)13-4-3-7-17-15(13)18/h3-4,7,10-12,16H,5-6,8-9H2,1-2H3. The summed E-state index contributed by atoms with van der Waals surface area (Å²) < 4.78 is 2.31. The maximum atomic E-state index is 4.57. The lowest BCUT2D eigenvalue weighted by Crippen LogP contribution is -2.26. The summed E-state index contributed by atoms with van der Waals surface area (Å²) in [5, 5.41) is 4.79. The normalized spacial score (nSPS) is 17.7. The highest BCUT2D eigenvalue weighted by atomic mass is 15.0. The third-order valence-electron chi connectivity index (χ3n) is 3.96. The maximum absolute atomic E-state index is 4.57. The van der Waals surface area contributed by atoms with Crippen molar-refractivity contribution < 1.29 is 0 Å². The third-order valence-corrected chi connectivity index (χ3v) is 3.96. The van der Waals surface area contributed by atoms with Crippen LogP contribution in [0.4, 0.5) is 0 Å². The Morgan fingerprint density at radius 1 is 1.33 bits per heavy atom. The third kappa shape index (κ3) is 1.93. The van der Waals surface area contributed by atoms with Gasteiger partial charge in [-0.05, 0) is 63.4 Å². The highest BCUT2D eigenvalue weighted by Crippen LogP contribution is 2.33. The molecule has 1 fully saturated rings. The van der Waals surface area contributed by atoms with Gasteiger partial charge in [0.1, 0.15) is 5.65 Å². The van der Waals surface area contributed by atoms with Crippen molar-refractivity contribution in [1.82, 2.24) is 14.9 Å². The first-order chi connectivity index (χ1) is 8.77. The van der Waals surface area contributed by atoms with Crippen LogP contribution >= 0.6 is 0 Å². The summed E-state index contributed by atoms with van der Waals surface area (Å²) in [5.41, 5.74) is 2.63. The minimum Gasteiger partial charge on any atom is -0.330 e. The first kappa shape index (κ1) is 11.7. The second kappa shape index (κ2) is 4.73. The molecule has 0 atom stereocenters. The van der Waals surface area contributed by atoms with E-state index in [0.717, 1.165) is 18.7 Å². The van der Waals surface area contributed by atoms with Crippen molar-refractivity contribution in [3.8, 4) is 0 Å². The molecule has 0 spiro atoms. The smallest absolute Gasteiger partial charge is 0.140 e. The highest BCUT2D eigenvalue weighted by molar-refractivity contribution is 5.81. The molecule has 1 aliphatic rings. The van der Waals surface area contributed by atoms with Crippen LogP contribution in [-0.2, 0) is 0 Å². The van der Waals surface area contributed by atoms with E-state index >= 15 is 0 Å². The Hall–Kier alpha value is -1.35. The fourth-order valence-corrected chi connectivity index (χ4v) is 2.96. The lowest BCUT2D eigenvalue weighted by molar-refractivity contribution is 0.460. The summed E-state index contributed by atoms with van der Waals surface area (Å²) in [5.74, 6) is 0.693. The lowest BCUT2D eigenvalue weighted by atomic mass is 9.90. The molecule has 3 rings (SSSR count). The fourth-order valence-electron chi connectivity index (χ4n) is 2.96. The van der Waals surface area contributed by atoms with Crippen LogP contribution < -0.4 is 5.32 Å². The Morgan fingerprint density at radius 3 is 2.83 bits per heavy atom. The number of aromatic nitrogens is 2. The molecule has 3 heterocycles. The molecule has 3 nitrogen and oxygen atoms in total. The molecule has 1 N–H and O–H groups in total. The molecule has 1 aliphatic heterocycles. The Labute approximate surface area is 108 Å². The molecule has 1 saturated heterocycles. The van der Waals surface area contributed by atoms with E-state index in [1.54, 1.807) is 0 Å². The van der Waals surface area contributed by atoms with Gasteiger partial charge in [0.2, 0.25) is 0 Å². The Bertz CT molecular complexity index is 536. The van der Waals surface area contributed by atoms with Crippen molar-refractivity contribution in [3.05, 3.63) is 30.1 Å². The van der Waals surface area contributed by atoms with Crippen LogP contribution in [0.5, 0.6) is 0 Å². The molecule has 0 amide bonds. The van der Waals surface area contributed by atoms with Crippen LogP contribution in [0, 0.1) is 0 Å². The van der Waals surface area contributed by atoms with Gasteiger partial charge in [0.15, 0.2) is 0 Å². The topological polar surface area (TPSA) is 29.9 Å². The second-order valence-electron chi connectivity index (χ2n) is 5.48. The molecule has 0 bridgehead atoms. The molecule has 0 radical (unpaired) electrons. The van der Waals surface area contributed by atoms with Crippen molar-refractivity contribution in [2.45, 2.75) is 38.6 Å². The largest absolute Gasteiger partial charge is 0.330 e. The van der Waals surface area contributed by atoms with E-state index in [1.807, 2.05) is 6.20 Å². The fraction of sp³-hybridized carbons (Fsp3) is 0.533. The molecule has 0 saturated carbocycles. The van der Waals surface area contributed by atoms with E-state index in [9.17, 15) is 0 Å². The Kier molecular flexibility index (Phi) is 3.08. The monoisotopic (exact) mass is 243 g/mol. The van der Waals surface area contributed by atoms with Crippen molar-refractivity contribution in [3.63, 3.8) is 0 Å². The number of nitrogens with zero attached hydrogens (tertiary/aromatic N) is 2. The van der Waals surface area contributed by atoms with Crippen molar-refractivity contribution in [2.75, 3.05) is 13.1 Å². The van der Waals surface area contributed by atoms with Crippen LogP contribution in [0.3, 0.4) is 0 Å². The first-order valence-corrected chi connectivity index (χ1v) is 6.93. The van der Waals surface area contributed by atoms with Gasteiger partial charge in [-0.3, -0.25) is 0 Å². The summed E-state index contributed by atoms with van der Waals surface area (Å²) in [6, 6.07) is 4.74. The predicted octanol–water partition coefficient (Wildman–Crippen LogP) is 3.08. The Balaban J connectivity index is 2.10. The van der Waals surface area contributed by atoms with Gasteiger partial charge >= 0.3 is 0 Å². The summed E-state index contributed by atoms with van der Waals surface area (Å²) in [6.07, 6.45) is 6.71. The minimum atomic E-state index is 0.470. The van der Waals surface area contributed by atoms with Gasteiger partial charge in [0.25, 0.3) is 0 Å². The quantitative estimate of drug-likeness (QED) is 0.878. The highest BCUT2D eigenvalue weighted by Gasteiger charge is 2.20. The first-order valence-electron chi connectivity index (χ1n) is 6.93. The number of hydrogen-bond donors (Lipinski definition) is 1. The van der Waals surface area contributed by atoms with Gasteiger partial charge < -0.3 is 9.88 Å². The van der Waals surface area contributed by atoms with E-state index < -0.39 is 0 Å². The van der Waals surface area contributed by atoms with Gasteiger partial charge in [-0.15, -0.1) is 0 Å². The van der Waals surface area contributed by atoms with E-state index in [-0.39, 0.29) is 0 Å². The molecule has 2 aromatic rings. The van der Waals surface area contributed by atoms with Crippen LogP contribution in [0.2, 0.25) is 0 Å². The van der Waals surface area contributed by atoms with Crippen molar-refractivity contribution in [2.24, 2.45) is 0 Å². The molecule has 2 aromatic heterocycles. The summed E-state index contributed by atoms with van der Waals surface area (Å²) >= 11 is 0. The van der Waals surface area contributed by atoms with E-state index in [2.05, 4.69) is 47.0 Å². The Morgan fingerprint density at radius 2 is 2.11 bits per heavy atom. The zero-order valence-electron chi connectivity index (χ0n) is 11.2. The zero-order chi connectivity index (χ0) is 12.5. The van der Waals surface area contributed by atoms with E-state index in [0.29, 0.717) is 12.0 Å². The van der Waals surface area contributed by atoms with Gasteiger partial charge in [-0.1, -0.05) is 0 Å². The number of pyridine rings is 1. The van der Waals surface area contributed by atoms with Crippen LogP contribution in [-0.4, -0.2) is 22.6 Å². The molecular formula is C15H21N3. The zero-order valence-corrected chi connectivity index (χ0v) is 11.2. The summed E-state index contributed by atoms with van der Waals surface area (Å²) in [6.45, 7) is 6.72. The van der Waals surface area contributed by atoms with Gasteiger partial charge in [-0.25, -0.2) is 4.98 Å². The molecule has 0 unspecified atom stereocenters. The van der Waals surface area contributed by atoms with Crippen LogP contribution in [0.1, 0.15) is 44.2 Å². The average Bonchev–Trinajstić information content (AvgIpc) is 2.79. The molecular weight excluding hydrogens is 222 g/mol.